The lowest BCUT2D eigenvalue weighted by Crippen LogP contribution is -2.50. The van der Waals surface area contributed by atoms with Gasteiger partial charge >= 0.3 is 6.09 Å². The number of ether oxygens (including phenoxy) is 1. The number of carbonyl (C=O) groups is 3. The van der Waals surface area contributed by atoms with Crippen LogP contribution >= 0.6 is 0 Å². The van der Waals surface area contributed by atoms with Crippen molar-refractivity contribution in [3.63, 3.8) is 0 Å². The monoisotopic (exact) mass is 287 g/mol. The molecule has 0 aromatic rings. The summed E-state index contributed by atoms with van der Waals surface area (Å²) < 4.78 is 4.91. The van der Waals surface area contributed by atoms with Gasteiger partial charge in [0, 0.05) is 6.04 Å². The summed E-state index contributed by atoms with van der Waals surface area (Å²) in [6.07, 6.45) is -0.254. The Bertz CT molecular complexity index is 345. The second kappa shape index (κ2) is 9.17. The molecule has 0 bridgehead atoms. The smallest absolute Gasteiger partial charge is 0.407 e. The Morgan fingerprint density at radius 2 is 1.75 bits per heavy atom. The molecule has 7 heteroatoms. The molecule has 0 aliphatic heterocycles. The normalized spacial score (nSPS) is 13.4. The van der Waals surface area contributed by atoms with Crippen LogP contribution < -0.4 is 16.4 Å². The molecule has 0 aromatic heterocycles. The fraction of sp³-hybridized carbons (Fsp3) is 0.769. The summed E-state index contributed by atoms with van der Waals surface area (Å²) in [5.41, 5.74) is 5.08. The number of carbonyl (C=O) groups excluding carboxylic acids is 3. The van der Waals surface area contributed by atoms with E-state index in [0.29, 0.717) is 0 Å². The molecule has 2 atom stereocenters. The first-order chi connectivity index (χ1) is 9.26. The largest absolute Gasteiger partial charge is 0.449 e. The molecule has 116 valence electrons. The molecule has 4 N–H and O–H groups in total. The quantitative estimate of drug-likeness (QED) is 0.604. The second-order valence-electron chi connectivity index (χ2n) is 5.18. The van der Waals surface area contributed by atoms with Gasteiger partial charge in [-0.1, -0.05) is 20.8 Å². The molecule has 0 aliphatic rings. The minimum absolute atomic E-state index is 0.0497. The van der Waals surface area contributed by atoms with Gasteiger partial charge in [0.05, 0.1) is 13.0 Å². The molecule has 0 fully saturated rings. The van der Waals surface area contributed by atoms with E-state index in [9.17, 15) is 14.4 Å². The van der Waals surface area contributed by atoms with Crippen molar-refractivity contribution in [2.75, 3.05) is 6.61 Å². The maximum atomic E-state index is 11.9. The predicted octanol–water partition coefficient (Wildman–Crippen LogP) is 0.527. The minimum Gasteiger partial charge on any atom is -0.449 e. The molecule has 0 saturated heterocycles. The van der Waals surface area contributed by atoms with Crippen molar-refractivity contribution in [1.82, 2.24) is 10.6 Å². The van der Waals surface area contributed by atoms with Gasteiger partial charge in [0.25, 0.3) is 0 Å². The van der Waals surface area contributed by atoms with Crippen molar-refractivity contribution < 1.29 is 19.1 Å². The fourth-order valence-electron chi connectivity index (χ4n) is 1.28. The lowest BCUT2D eigenvalue weighted by molar-refractivity contribution is -0.127. The zero-order chi connectivity index (χ0) is 15.7. The molecule has 0 aliphatic carbocycles. The summed E-state index contributed by atoms with van der Waals surface area (Å²) in [7, 11) is 0. The number of nitrogens with two attached hydrogens (primary N) is 1. The van der Waals surface area contributed by atoms with Crippen LogP contribution in [0.1, 0.15) is 40.5 Å². The number of amides is 3. The van der Waals surface area contributed by atoms with Gasteiger partial charge < -0.3 is 21.1 Å². The van der Waals surface area contributed by atoms with Crippen molar-refractivity contribution in [2.24, 2.45) is 11.7 Å². The van der Waals surface area contributed by atoms with E-state index in [4.69, 9.17) is 10.5 Å². The van der Waals surface area contributed by atoms with Gasteiger partial charge in [-0.2, -0.15) is 0 Å². The number of rotatable bonds is 8. The number of hydrogen-bond acceptors (Lipinski definition) is 4. The van der Waals surface area contributed by atoms with E-state index in [2.05, 4.69) is 10.6 Å². The summed E-state index contributed by atoms with van der Waals surface area (Å²) in [6, 6.07) is -1.06. The van der Waals surface area contributed by atoms with E-state index in [-0.39, 0.29) is 25.0 Å². The fourth-order valence-corrected chi connectivity index (χ4v) is 1.28. The third kappa shape index (κ3) is 8.34. The van der Waals surface area contributed by atoms with Gasteiger partial charge in [-0.05, 0) is 19.3 Å². The van der Waals surface area contributed by atoms with Crippen LogP contribution in [0.4, 0.5) is 4.79 Å². The van der Waals surface area contributed by atoms with Gasteiger partial charge in [0.15, 0.2) is 0 Å². The lowest BCUT2D eigenvalue weighted by atomic mass is 10.1. The summed E-state index contributed by atoms with van der Waals surface area (Å²) in [4.78, 5) is 34.4. The van der Waals surface area contributed by atoms with Gasteiger partial charge in [0.1, 0.15) is 6.04 Å². The van der Waals surface area contributed by atoms with Crippen LogP contribution in [-0.2, 0) is 14.3 Å². The van der Waals surface area contributed by atoms with Gasteiger partial charge in [-0.3, -0.25) is 9.59 Å². The minimum atomic E-state index is -1.01. The predicted molar refractivity (Wildman–Crippen MR) is 74.8 cm³/mol. The van der Waals surface area contributed by atoms with Gasteiger partial charge in [-0.15, -0.1) is 0 Å². The number of nitrogens with one attached hydrogen (secondary N) is 2. The Balaban J connectivity index is 4.51. The highest BCUT2D eigenvalue weighted by atomic mass is 16.5. The summed E-state index contributed by atoms with van der Waals surface area (Å²) >= 11 is 0. The average Bonchev–Trinajstić information content (AvgIpc) is 2.34. The van der Waals surface area contributed by atoms with Crippen molar-refractivity contribution in [3.8, 4) is 0 Å². The Morgan fingerprint density at radius 1 is 1.15 bits per heavy atom. The Hall–Kier alpha value is -1.79. The second-order valence-corrected chi connectivity index (χ2v) is 5.18. The van der Waals surface area contributed by atoms with Crippen LogP contribution in [0.5, 0.6) is 0 Å². The highest BCUT2D eigenvalue weighted by molar-refractivity contribution is 5.90. The van der Waals surface area contributed by atoms with Crippen LogP contribution in [0.2, 0.25) is 0 Å². The maximum Gasteiger partial charge on any atom is 0.407 e. The topological polar surface area (TPSA) is 111 Å². The van der Waals surface area contributed by atoms with Crippen LogP contribution in [0.15, 0.2) is 0 Å². The van der Waals surface area contributed by atoms with E-state index in [1.165, 1.54) is 0 Å². The van der Waals surface area contributed by atoms with Crippen LogP contribution in [-0.4, -0.2) is 36.6 Å². The maximum absolute atomic E-state index is 11.9. The van der Waals surface area contributed by atoms with E-state index in [1.807, 2.05) is 27.7 Å². The average molecular weight is 287 g/mol. The molecule has 0 saturated carbocycles. The number of primary amides is 1. The Labute approximate surface area is 119 Å². The van der Waals surface area contributed by atoms with Crippen molar-refractivity contribution in [3.05, 3.63) is 0 Å². The standard InChI is InChI=1S/C13H25N3O4/c1-5-9(4)15-12(18)10(6-11(14)17)16-13(19)20-7-8(2)3/h8-10H,5-7H2,1-4H3,(H2,14,17)(H,15,18)(H,16,19)/t9-,10-/m1/s1. The Kier molecular flexibility index (Phi) is 8.35. The highest BCUT2D eigenvalue weighted by Gasteiger charge is 2.24. The zero-order valence-electron chi connectivity index (χ0n) is 12.6. The molecule has 0 aromatic carbocycles. The van der Waals surface area contributed by atoms with E-state index >= 15 is 0 Å². The molecule has 7 nitrogen and oxygen atoms in total. The third-order valence-electron chi connectivity index (χ3n) is 2.56. The number of alkyl carbamates (subject to hydrolysis) is 1. The Morgan fingerprint density at radius 3 is 2.20 bits per heavy atom. The van der Waals surface area contributed by atoms with Crippen molar-refractivity contribution >= 4 is 17.9 Å². The molecule has 0 radical (unpaired) electrons. The van der Waals surface area contributed by atoms with Crippen LogP contribution in [0, 0.1) is 5.92 Å². The lowest BCUT2D eigenvalue weighted by Gasteiger charge is -2.20. The first-order valence-electron chi connectivity index (χ1n) is 6.78. The third-order valence-corrected chi connectivity index (χ3v) is 2.56. The van der Waals surface area contributed by atoms with E-state index < -0.39 is 23.9 Å². The SMILES string of the molecule is CC[C@@H](C)NC(=O)[C@@H](CC(N)=O)NC(=O)OCC(C)C. The summed E-state index contributed by atoms with van der Waals surface area (Å²) in [6.45, 7) is 7.77. The molecule has 20 heavy (non-hydrogen) atoms. The highest BCUT2D eigenvalue weighted by Crippen LogP contribution is 1.98. The summed E-state index contributed by atoms with van der Waals surface area (Å²) in [5.74, 6) is -0.928. The van der Waals surface area contributed by atoms with Gasteiger partial charge in [-0.25, -0.2) is 4.79 Å². The molecule has 0 spiro atoms. The molecule has 3 amide bonds. The van der Waals surface area contributed by atoms with Crippen LogP contribution in [0.25, 0.3) is 0 Å². The first-order valence-corrected chi connectivity index (χ1v) is 6.78. The zero-order valence-corrected chi connectivity index (χ0v) is 12.6. The van der Waals surface area contributed by atoms with Crippen molar-refractivity contribution in [1.29, 1.82) is 0 Å². The molecule has 0 rings (SSSR count). The van der Waals surface area contributed by atoms with Crippen LogP contribution in [0.3, 0.4) is 0 Å². The number of hydrogen-bond donors (Lipinski definition) is 3. The van der Waals surface area contributed by atoms with E-state index in [1.54, 1.807) is 0 Å². The molecular weight excluding hydrogens is 262 g/mol. The van der Waals surface area contributed by atoms with Gasteiger partial charge in [0.2, 0.25) is 11.8 Å². The van der Waals surface area contributed by atoms with Crippen molar-refractivity contribution in [2.45, 2.75) is 52.6 Å². The molecule has 0 heterocycles. The first kappa shape index (κ1) is 18.2. The molecular formula is C13H25N3O4. The molecule has 0 unspecified atom stereocenters. The summed E-state index contributed by atoms with van der Waals surface area (Å²) in [5, 5.41) is 5.05. The van der Waals surface area contributed by atoms with E-state index in [0.717, 1.165) is 6.42 Å².